The minimum absolute atomic E-state index is 0.0776. The summed E-state index contributed by atoms with van der Waals surface area (Å²) in [4.78, 5) is 0. The number of hydrogen-bond acceptors (Lipinski definition) is 3. The monoisotopic (exact) mass is 440 g/mol. The van der Waals surface area contributed by atoms with Crippen LogP contribution in [0.25, 0.3) is 5.69 Å². The highest BCUT2D eigenvalue weighted by Crippen LogP contribution is 2.46. The van der Waals surface area contributed by atoms with E-state index in [2.05, 4.69) is 68.0 Å². The fourth-order valence-electron chi connectivity index (χ4n) is 4.62. The number of rotatable bonds is 4. The van der Waals surface area contributed by atoms with Gasteiger partial charge >= 0.3 is 6.18 Å². The molecular weight excluding hydrogens is 413 g/mol. The smallest absolute Gasteiger partial charge is 0.189 e. The Morgan fingerprint density at radius 3 is 2.12 bits per heavy atom. The maximum atomic E-state index is 13.1. The molecule has 0 saturated carbocycles. The molecule has 4 rings (SSSR count). The van der Waals surface area contributed by atoms with E-state index in [4.69, 9.17) is 0 Å². The molecule has 0 spiro atoms. The number of alkyl halides is 3. The molecular formula is C25H27F3N4. The van der Waals surface area contributed by atoms with E-state index in [1.807, 2.05) is 6.08 Å². The van der Waals surface area contributed by atoms with Crippen molar-refractivity contribution >= 4 is 0 Å². The van der Waals surface area contributed by atoms with Crippen molar-refractivity contribution in [2.75, 3.05) is 0 Å². The Morgan fingerprint density at radius 1 is 0.938 bits per heavy atom. The molecule has 2 aromatic carbocycles. The van der Waals surface area contributed by atoms with Crippen LogP contribution in [0.15, 0.2) is 55.1 Å². The zero-order chi connectivity index (χ0) is 23.3. The highest BCUT2D eigenvalue weighted by Gasteiger charge is 2.39. The van der Waals surface area contributed by atoms with Crippen molar-refractivity contribution in [1.82, 2.24) is 20.2 Å². The number of aromatic nitrogens is 4. The quantitative estimate of drug-likeness (QED) is 0.444. The number of halogens is 3. The first-order chi connectivity index (χ1) is 14.9. The second-order valence-electron chi connectivity index (χ2n) is 9.79. The summed E-state index contributed by atoms with van der Waals surface area (Å²) in [6.07, 6.45) is -0.488. The van der Waals surface area contributed by atoms with E-state index in [0.717, 1.165) is 24.0 Å². The molecule has 0 radical (unpaired) electrons. The van der Waals surface area contributed by atoms with Gasteiger partial charge in [0, 0.05) is 5.92 Å². The lowest BCUT2D eigenvalue weighted by Crippen LogP contribution is -2.34. The molecule has 0 fully saturated rings. The van der Waals surface area contributed by atoms with Gasteiger partial charge in [0.05, 0.1) is 5.69 Å². The number of hydrogen-bond donors (Lipinski definition) is 0. The lowest BCUT2D eigenvalue weighted by atomic mass is 9.62. The van der Waals surface area contributed by atoms with Crippen LogP contribution in [0.3, 0.4) is 0 Å². The summed E-state index contributed by atoms with van der Waals surface area (Å²) in [5, 5.41) is 9.79. The first-order valence-corrected chi connectivity index (χ1v) is 10.7. The van der Waals surface area contributed by atoms with E-state index in [0.29, 0.717) is 4.68 Å². The molecule has 1 heterocycles. The predicted molar refractivity (Wildman–Crippen MR) is 118 cm³/mol. The molecule has 3 aromatic rings. The summed E-state index contributed by atoms with van der Waals surface area (Å²) < 4.78 is 40.1. The Hall–Kier alpha value is -2.96. The Balaban J connectivity index is 1.70. The average molecular weight is 441 g/mol. The molecule has 32 heavy (non-hydrogen) atoms. The summed E-state index contributed by atoms with van der Waals surface area (Å²) in [6.45, 7) is 13.2. The average Bonchev–Trinajstić information content (AvgIpc) is 3.23. The third-order valence-corrected chi connectivity index (χ3v) is 6.69. The maximum absolute atomic E-state index is 13.1. The van der Waals surface area contributed by atoms with Crippen molar-refractivity contribution in [3.05, 3.63) is 83.2 Å². The summed E-state index contributed by atoms with van der Waals surface area (Å²) in [7, 11) is 0. The van der Waals surface area contributed by atoms with Gasteiger partial charge in [-0.2, -0.15) is 17.9 Å². The van der Waals surface area contributed by atoms with Gasteiger partial charge in [-0.05, 0) is 68.5 Å². The van der Waals surface area contributed by atoms with Crippen LogP contribution in [-0.4, -0.2) is 20.2 Å². The van der Waals surface area contributed by atoms with E-state index in [1.54, 1.807) is 24.3 Å². The minimum atomic E-state index is -4.63. The van der Waals surface area contributed by atoms with Crippen LogP contribution in [0.4, 0.5) is 13.2 Å². The Morgan fingerprint density at radius 2 is 1.53 bits per heavy atom. The van der Waals surface area contributed by atoms with E-state index in [1.165, 1.54) is 11.1 Å². The zero-order valence-electron chi connectivity index (χ0n) is 18.7. The van der Waals surface area contributed by atoms with Gasteiger partial charge < -0.3 is 0 Å². The van der Waals surface area contributed by atoms with Gasteiger partial charge in [0.1, 0.15) is 0 Å². The second-order valence-corrected chi connectivity index (χ2v) is 9.79. The predicted octanol–water partition coefficient (Wildman–Crippen LogP) is 6.35. The first kappa shape index (κ1) is 22.2. The summed E-state index contributed by atoms with van der Waals surface area (Å²) >= 11 is 0. The minimum Gasteiger partial charge on any atom is -0.189 e. The Kier molecular flexibility index (Phi) is 5.26. The van der Waals surface area contributed by atoms with Gasteiger partial charge in [-0.1, -0.05) is 64.1 Å². The molecule has 0 saturated heterocycles. The zero-order valence-corrected chi connectivity index (χ0v) is 18.7. The fourth-order valence-corrected chi connectivity index (χ4v) is 4.62. The molecule has 7 heteroatoms. The number of benzene rings is 2. The third-order valence-electron chi connectivity index (χ3n) is 6.69. The van der Waals surface area contributed by atoms with Gasteiger partial charge in [0.2, 0.25) is 0 Å². The van der Waals surface area contributed by atoms with Crippen LogP contribution >= 0.6 is 0 Å². The van der Waals surface area contributed by atoms with Crippen LogP contribution in [0.1, 0.15) is 74.5 Å². The van der Waals surface area contributed by atoms with Crippen molar-refractivity contribution in [3.63, 3.8) is 0 Å². The number of tetrazole rings is 1. The SMILES string of the molecule is C=CC(c1ccc(-n2nnnc2C(F)(F)F)cc1)c1ccc2c(c1)C(C)(C)CCC2(C)C. The van der Waals surface area contributed by atoms with Crippen molar-refractivity contribution < 1.29 is 13.2 Å². The molecule has 0 bridgehead atoms. The first-order valence-electron chi connectivity index (χ1n) is 10.7. The molecule has 0 N–H and O–H groups in total. The van der Waals surface area contributed by atoms with E-state index < -0.39 is 12.0 Å². The topological polar surface area (TPSA) is 43.6 Å². The highest BCUT2D eigenvalue weighted by molar-refractivity contribution is 5.48. The number of nitrogens with zero attached hydrogens (tertiary/aromatic N) is 4. The maximum Gasteiger partial charge on any atom is 0.453 e. The fraction of sp³-hybridized carbons (Fsp3) is 0.400. The molecule has 0 amide bonds. The van der Waals surface area contributed by atoms with Crippen LogP contribution in [0.2, 0.25) is 0 Å². The summed E-state index contributed by atoms with van der Waals surface area (Å²) in [5.41, 5.74) is 5.28. The molecule has 1 aromatic heterocycles. The lowest BCUT2D eigenvalue weighted by Gasteiger charge is -2.42. The number of allylic oxidation sites excluding steroid dienone is 1. The van der Waals surface area contributed by atoms with E-state index >= 15 is 0 Å². The Labute approximate surface area is 186 Å². The van der Waals surface area contributed by atoms with Crippen LogP contribution in [-0.2, 0) is 17.0 Å². The van der Waals surface area contributed by atoms with Gasteiger partial charge in [-0.25, -0.2) is 0 Å². The van der Waals surface area contributed by atoms with Crippen molar-refractivity contribution in [1.29, 1.82) is 0 Å². The summed E-state index contributed by atoms with van der Waals surface area (Å²) in [5.74, 6) is -1.23. The van der Waals surface area contributed by atoms with Crippen molar-refractivity contribution in [2.45, 2.75) is 63.5 Å². The molecule has 168 valence electrons. The van der Waals surface area contributed by atoms with Gasteiger partial charge in [-0.3, -0.25) is 0 Å². The van der Waals surface area contributed by atoms with Crippen LogP contribution in [0.5, 0.6) is 0 Å². The van der Waals surface area contributed by atoms with Crippen LogP contribution < -0.4 is 0 Å². The van der Waals surface area contributed by atoms with Gasteiger partial charge in [-0.15, -0.1) is 11.7 Å². The lowest BCUT2D eigenvalue weighted by molar-refractivity contribution is -0.146. The Bertz CT molecular complexity index is 1140. The molecule has 1 atom stereocenters. The van der Waals surface area contributed by atoms with Crippen molar-refractivity contribution in [3.8, 4) is 5.69 Å². The number of fused-ring (bicyclic) bond motifs is 1. The molecule has 1 aliphatic carbocycles. The third kappa shape index (κ3) is 3.85. The van der Waals surface area contributed by atoms with Gasteiger partial charge in [0.15, 0.2) is 0 Å². The molecule has 1 unspecified atom stereocenters. The molecule has 4 nitrogen and oxygen atoms in total. The molecule has 1 aliphatic rings. The van der Waals surface area contributed by atoms with E-state index in [9.17, 15) is 13.2 Å². The largest absolute Gasteiger partial charge is 0.453 e. The normalized spacial score (nSPS) is 18.1. The summed E-state index contributed by atoms with van der Waals surface area (Å²) in [6, 6.07) is 13.5. The second kappa shape index (κ2) is 7.57. The van der Waals surface area contributed by atoms with Gasteiger partial charge in [0.25, 0.3) is 5.82 Å². The van der Waals surface area contributed by atoms with E-state index in [-0.39, 0.29) is 22.4 Å². The molecule has 0 aliphatic heterocycles. The highest BCUT2D eigenvalue weighted by atomic mass is 19.4. The standard InChI is InChI=1S/C25H27F3N4/c1-6-19(17-9-12-20-21(15-17)24(4,5)14-13-23(20,2)3)16-7-10-18(11-8-16)32-22(25(26,27)28)29-30-31-32/h6-12,15,19H,1,13-14H2,2-5H3. The van der Waals surface area contributed by atoms with Crippen molar-refractivity contribution in [2.24, 2.45) is 0 Å². The van der Waals surface area contributed by atoms with Crippen LogP contribution in [0, 0.1) is 0 Å².